The molecule has 5 heteroatoms. The number of carbonyl (C=O) groups excluding carboxylic acids is 1. The number of esters is 1. The van der Waals surface area contributed by atoms with E-state index < -0.39 is 8.32 Å². The summed E-state index contributed by atoms with van der Waals surface area (Å²) in [5, 5.41) is 3.59. The molecule has 1 aliphatic rings. The van der Waals surface area contributed by atoms with Gasteiger partial charge in [-0.2, -0.15) is 0 Å². The summed E-state index contributed by atoms with van der Waals surface area (Å²) in [6, 6.07) is 0.309. The Hall–Kier alpha value is -0.393. The summed E-state index contributed by atoms with van der Waals surface area (Å²) in [5.41, 5.74) is 0. The highest BCUT2D eigenvalue weighted by atomic mass is 28.4. The number of ether oxygens (including phenoxy) is 1. The molecule has 2 atom stereocenters. The summed E-state index contributed by atoms with van der Waals surface area (Å²) in [6.45, 7) is 14.1. The summed E-state index contributed by atoms with van der Waals surface area (Å²) in [7, 11) is -1.67. The second-order valence-electron chi connectivity index (χ2n) is 6.64. The third-order valence-corrected chi connectivity index (χ3v) is 8.47. The Balaban J connectivity index is 2.36. The van der Waals surface area contributed by atoms with Gasteiger partial charge in [0, 0.05) is 32.5 Å². The van der Waals surface area contributed by atoms with Gasteiger partial charge >= 0.3 is 5.97 Å². The topological polar surface area (TPSA) is 47.6 Å². The van der Waals surface area contributed by atoms with Gasteiger partial charge in [0.15, 0.2) is 8.32 Å². The Labute approximate surface area is 112 Å². The molecule has 1 aliphatic heterocycles. The summed E-state index contributed by atoms with van der Waals surface area (Å²) in [4.78, 5) is 10.9. The molecule has 0 radical (unpaired) electrons. The van der Waals surface area contributed by atoms with E-state index in [-0.39, 0.29) is 17.1 Å². The van der Waals surface area contributed by atoms with Gasteiger partial charge in [-0.25, -0.2) is 0 Å². The molecule has 4 nitrogen and oxygen atoms in total. The van der Waals surface area contributed by atoms with Gasteiger partial charge in [0.05, 0.1) is 0 Å². The van der Waals surface area contributed by atoms with Crippen molar-refractivity contribution in [2.24, 2.45) is 0 Å². The van der Waals surface area contributed by atoms with E-state index in [2.05, 4.69) is 39.2 Å². The van der Waals surface area contributed by atoms with Gasteiger partial charge in [-0.3, -0.25) is 4.79 Å². The summed E-state index contributed by atoms with van der Waals surface area (Å²) in [5.74, 6) is -0.201. The first kappa shape index (κ1) is 15.7. The molecule has 18 heavy (non-hydrogen) atoms. The van der Waals surface area contributed by atoms with E-state index in [1.807, 2.05) is 0 Å². The van der Waals surface area contributed by atoms with Crippen LogP contribution in [0.5, 0.6) is 0 Å². The molecule has 0 spiro atoms. The van der Waals surface area contributed by atoms with Crippen molar-refractivity contribution in [2.75, 3.05) is 13.2 Å². The van der Waals surface area contributed by atoms with Crippen molar-refractivity contribution in [1.82, 2.24) is 5.32 Å². The van der Waals surface area contributed by atoms with Crippen LogP contribution >= 0.6 is 0 Å². The maximum Gasteiger partial charge on any atom is 0.302 e. The molecule has 1 heterocycles. The number of hydrogen-bond acceptors (Lipinski definition) is 4. The van der Waals surface area contributed by atoms with E-state index in [1.165, 1.54) is 6.92 Å². The molecule has 0 aromatic carbocycles. The number of hydrogen-bond donors (Lipinski definition) is 1. The molecule has 0 bridgehead atoms. The number of rotatable bonds is 4. The van der Waals surface area contributed by atoms with E-state index in [1.54, 1.807) is 0 Å². The standard InChI is InChI=1S/C13H27NO3Si/c1-10(15)17-12-7-11(14-8-12)9-16-18(5,6)13(2,3)4/h11-12,14H,7-9H2,1-6H3/t11-,12+/m0/s1. The lowest BCUT2D eigenvalue weighted by molar-refractivity contribution is -0.145. The van der Waals surface area contributed by atoms with Gasteiger partial charge in [-0.15, -0.1) is 0 Å². The third-order valence-electron chi connectivity index (χ3n) is 3.97. The maximum absolute atomic E-state index is 10.9. The van der Waals surface area contributed by atoms with E-state index in [0.717, 1.165) is 13.0 Å². The lowest BCUT2D eigenvalue weighted by Gasteiger charge is -2.37. The van der Waals surface area contributed by atoms with Crippen molar-refractivity contribution in [2.45, 2.75) is 64.4 Å². The first-order valence-corrected chi connectivity index (χ1v) is 9.57. The van der Waals surface area contributed by atoms with Crippen LogP contribution in [0.1, 0.15) is 34.1 Å². The molecular weight excluding hydrogens is 246 g/mol. The van der Waals surface area contributed by atoms with E-state index in [9.17, 15) is 4.79 Å². The van der Waals surface area contributed by atoms with Crippen LogP contribution in [0.2, 0.25) is 18.1 Å². The molecule has 1 fully saturated rings. The lowest BCUT2D eigenvalue weighted by Crippen LogP contribution is -2.43. The predicted octanol–water partition coefficient (Wildman–Crippen LogP) is 2.30. The zero-order valence-corrected chi connectivity index (χ0v) is 13.5. The summed E-state index contributed by atoms with van der Waals surface area (Å²) >= 11 is 0. The fourth-order valence-corrected chi connectivity index (χ4v) is 2.81. The SMILES string of the molecule is CC(=O)O[C@H]1CN[C@H](CO[Si](C)(C)C(C)(C)C)C1. The normalized spacial score (nSPS) is 25.2. The van der Waals surface area contributed by atoms with Crippen LogP contribution in [0.25, 0.3) is 0 Å². The number of nitrogens with one attached hydrogen (secondary N) is 1. The molecule has 0 amide bonds. The Kier molecular flexibility index (Phi) is 4.97. The lowest BCUT2D eigenvalue weighted by atomic mass is 10.2. The van der Waals surface area contributed by atoms with Crippen molar-refractivity contribution in [3.8, 4) is 0 Å². The van der Waals surface area contributed by atoms with E-state index in [4.69, 9.17) is 9.16 Å². The van der Waals surface area contributed by atoms with E-state index >= 15 is 0 Å². The summed E-state index contributed by atoms with van der Waals surface area (Å²) in [6.07, 6.45) is 0.865. The van der Waals surface area contributed by atoms with Gasteiger partial charge < -0.3 is 14.5 Å². The minimum atomic E-state index is -1.67. The maximum atomic E-state index is 10.9. The second kappa shape index (κ2) is 5.71. The largest absolute Gasteiger partial charge is 0.461 e. The molecule has 0 unspecified atom stereocenters. The van der Waals surface area contributed by atoms with Crippen LogP contribution < -0.4 is 5.32 Å². The highest BCUT2D eigenvalue weighted by Crippen LogP contribution is 2.36. The second-order valence-corrected chi connectivity index (χ2v) is 11.5. The van der Waals surface area contributed by atoms with Crippen molar-refractivity contribution in [3.63, 3.8) is 0 Å². The Morgan fingerprint density at radius 2 is 2.00 bits per heavy atom. The van der Waals surface area contributed by atoms with Gasteiger partial charge in [-0.05, 0) is 18.1 Å². The van der Waals surface area contributed by atoms with Crippen LogP contribution in [0.3, 0.4) is 0 Å². The minimum Gasteiger partial charge on any atom is -0.461 e. The van der Waals surface area contributed by atoms with Crippen LogP contribution in [0.4, 0.5) is 0 Å². The first-order chi connectivity index (χ1) is 8.12. The average molecular weight is 273 g/mol. The van der Waals surface area contributed by atoms with Crippen molar-refractivity contribution in [3.05, 3.63) is 0 Å². The fraction of sp³-hybridized carbons (Fsp3) is 0.923. The Bertz CT molecular complexity index is 299. The zero-order chi connectivity index (χ0) is 14.0. The fourth-order valence-electron chi connectivity index (χ4n) is 1.76. The Morgan fingerprint density at radius 3 is 2.50 bits per heavy atom. The van der Waals surface area contributed by atoms with Crippen LogP contribution in [-0.2, 0) is 14.0 Å². The molecule has 0 saturated carbocycles. The molecule has 1 saturated heterocycles. The van der Waals surface area contributed by atoms with Crippen LogP contribution in [0, 0.1) is 0 Å². The molecular formula is C13H27NO3Si. The molecule has 106 valence electrons. The number of carbonyl (C=O) groups is 1. The van der Waals surface area contributed by atoms with Crippen molar-refractivity contribution in [1.29, 1.82) is 0 Å². The smallest absolute Gasteiger partial charge is 0.302 e. The predicted molar refractivity (Wildman–Crippen MR) is 75.1 cm³/mol. The summed E-state index contributed by atoms with van der Waals surface area (Å²) < 4.78 is 11.4. The Morgan fingerprint density at radius 1 is 1.39 bits per heavy atom. The molecule has 0 aromatic rings. The molecule has 1 N–H and O–H groups in total. The van der Waals surface area contributed by atoms with Crippen molar-refractivity contribution < 1.29 is 14.0 Å². The highest BCUT2D eigenvalue weighted by Gasteiger charge is 2.38. The minimum absolute atomic E-state index is 0.00974. The molecule has 1 rings (SSSR count). The van der Waals surface area contributed by atoms with Gasteiger partial charge in [0.25, 0.3) is 0 Å². The first-order valence-electron chi connectivity index (χ1n) is 6.66. The van der Waals surface area contributed by atoms with Crippen LogP contribution in [-0.4, -0.2) is 39.6 Å². The van der Waals surface area contributed by atoms with Crippen molar-refractivity contribution >= 4 is 14.3 Å². The quantitative estimate of drug-likeness (QED) is 0.631. The molecule has 0 aliphatic carbocycles. The van der Waals surface area contributed by atoms with Gasteiger partial charge in [0.1, 0.15) is 6.10 Å². The van der Waals surface area contributed by atoms with E-state index in [0.29, 0.717) is 12.6 Å². The molecule has 0 aromatic heterocycles. The zero-order valence-electron chi connectivity index (χ0n) is 12.5. The van der Waals surface area contributed by atoms with Gasteiger partial charge in [0.2, 0.25) is 0 Å². The van der Waals surface area contributed by atoms with Gasteiger partial charge in [-0.1, -0.05) is 20.8 Å². The van der Waals surface area contributed by atoms with Crippen LogP contribution in [0.15, 0.2) is 0 Å². The third kappa shape index (κ3) is 4.37. The highest BCUT2D eigenvalue weighted by molar-refractivity contribution is 6.74. The average Bonchev–Trinajstić information content (AvgIpc) is 2.60. The monoisotopic (exact) mass is 273 g/mol.